The van der Waals surface area contributed by atoms with Crippen LogP contribution in [0.5, 0.6) is 5.75 Å². The van der Waals surface area contributed by atoms with Gasteiger partial charge in [-0.25, -0.2) is 0 Å². The molecule has 0 aliphatic carbocycles. The Kier molecular flexibility index (Phi) is 8.19. The molecule has 0 fully saturated rings. The summed E-state index contributed by atoms with van der Waals surface area (Å²) in [5.74, 6) is 0.544. The molecule has 0 aliphatic rings. The molecular formula is C24H31N4O3S+. The summed E-state index contributed by atoms with van der Waals surface area (Å²) in [5, 5.41) is 3.45. The number of rotatable bonds is 10. The number of hydrogen-bond donors (Lipinski definition) is 3. The van der Waals surface area contributed by atoms with Crippen LogP contribution in [-0.4, -0.2) is 48.7 Å². The second-order valence-corrected chi connectivity index (χ2v) is 8.10. The molecule has 2 aromatic carbocycles. The molecule has 0 unspecified atom stereocenters. The van der Waals surface area contributed by atoms with Gasteiger partial charge < -0.3 is 19.9 Å². The quantitative estimate of drug-likeness (QED) is 0.323. The average molecular weight is 456 g/mol. The number of H-pyrrole nitrogens is 1. The first-order valence-electron chi connectivity index (χ1n) is 11.0. The van der Waals surface area contributed by atoms with Crippen LogP contribution in [0.1, 0.15) is 36.2 Å². The monoisotopic (exact) mass is 455 g/mol. The highest BCUT2D eigenvalue weighted by Gasteiger charge is 2.12. The summed E-state index contributed by atoms with van der Waals surface area (Å²) < 4.78 is 7.19. The van der Waals surface area contributed by atoms with Gasteiger partial charge in [-0.3, -0.25) is 14.2 Å². The lowest BCUT2D eigenvalue weighted by molar-refractivity contribution is -0.896. The number of amides is 1. The molecule has 8 heteroatoms. The van der Waals surface area contributed by atoms with Crippen LogP contribution < -0.4 is 20.5 Å². The van der Waals surface area contributed by atoms with Crippen LogP contribution in [0, 0.1) is 4.77 Å². The molecule has 1 heterocycles. The topological polar surface area (TPSA) is 80.6 Å². The number of carbonyl (C=O) groups excluding carboxylic acids is 1. The predicted molar refractivity (Wildman–Crippen MR) is 129 cm³/mol. The van der Waals surface area contributed by atoms with Gasteiger partial charge in [0, 0.05) is 24.1 Å². The van der Waals surface area contributed by atoms with Gasteiger partial charge in [-0.15, -0.1) is 0 Å². The Balaban J connectivity index is 1.78. The molecule has 0 saturated carbocycles. The molecule has 0 atom stereocenters. The van der Waals surface area contributed by atoms with Crippen LogP contribution in [0.15, 0.2) is 47.3 Å². The number of nitrogens with zero attached hydrogens (tertiary/aromatic N) is 1. The van der Waals surface area contributed by atoms with Gasteiger partial charge in [0.1, 0.15) is 5.75 Å². The molecule has 32 heavy (non-hydrogen) atoms. The third kappa shape index (κ3) is 5.44. The van der Waals surface area contributed by atoms with Crippen molar-refractivity contribution in [1.82, 2.24) is 14.9 Å². The molecule has 0 saturated heterocycles. The van der Waals surface area contributed by atoms with Gasteiger partial charge in [-0.1, -0.05) is 18.2 Å². The number of aromatic nitrogens is 2. The Labute approximate surface area is 193 Å². The van der Waals surface area contributed by atoms with Crippen molar-refractivity contribution in [3.8, 4) is 5.75 Å². The SMILES string of the molecule is CC[NH+](CC)CCCNC(=O)c1ccc2c(=O)n(Cc3ccccc3OC)c(=S)[nH]c2c1. The zero-order valence-corrected chi connectivity index (χ0v) is 19.7. The van der Waals surface area contributed by atoms with E-state index in [1.54, 1.807) is 25.3 Å². The largest absolute Gasteiger partial charge is 0.496 e. The van der Waals surface area contributed by atoms with E-state index in [9.17, 15) is 9.59 Å². The van der Waals surface area contributed by atoms with E-state index >= 15 is 0 Å². The van der Waals surface area contributed by atoms with Crippen molar-refractivity contribution in [2.75, 3.05) is 33.3 Å². The number of nitrogens with one attached hydrogen (secondary N) is 3. The summed E-state index contributed by atoms with van der Waals surface area (Å²) in [6.45, 7) is 8.46. The van der Waals surface area contributed by atoms with Crippen molar-refractivity contribution in [1.29, 1.82) is 0 Å². The van der Waals surface area contributed by atoms with E-state index in [0.29, 0.717) is 40.1 Å². The average Bonchev–Trinajstić information content (AvgIpc) is 2.81. The number of carbonyl (C=O) groups is 1. The summed E-state index contributed by atoms with van der Waals surface area (Å²) in [6, 6.07) is 12.6. The van der Waals surface area contributed by atoms with Crippen molar-refractivity contribution in [3.63, 3.8) is 0 Å². The number of para-hydroxylation sites is 1. The third-order valence-corrected chi connectivity index (χ3v) is 6.08. The minimum Gasteiger partial charge on any atom is -0.496 e. The van der Waals surface area contributed by atoms with Crippen LogP contribution in [0.25, 0.3) is 10.9 Å². The molecule has 1 aromatic heterocycles. The first-order valence-corrected chi connectivity index (χ1v) is 11.4. The normalized spacial score (nSPS) is 11.1. The lowest BCUT2D eigenvalue weighted by atomic mass is 10.1. The van der Waals surface area contributed by atoms with Gasteiger partial charge in [-0.2, -0.15) is 0 Å². The highest BCUT2D eigenvalue weighted by Crippen LogP contribution is 2.19. The first-order chi connectivity index (χ1) is 15.5. The second-order valence-electron chi connectivity index (χ2n) is 7.71. The third-order valence-electron chi connectivity index (χ3n) is 5.76. The smallest absolute Gasteiger partial charge is 0.262 e. The molecular weight excluding hydrogens is 424 g/mol. The van der Waals surface area contributed by atoms with Crippen LogP contribution in [-0.2, 0) is 6.54 Å². The van der Waals surface area contributed by atoms with Crippen molar-refractivity contribution in [2.45, 2.75) is 26.8 Å². The van der Waals surface area contributed by atoms with Crippen LogP contribution in [0.4, 0.5) is 0 Å². The fourth-order valence-electron chi connectivity index (χ4n) is 3.79. The molecule has 3 aromatic rings. The number of quaternary nitrogens is 1. The summed E-state index contributed by atoms with van der Waals surface area (Å²) in [4.78, 5) is 30.3. The van der Waals surface area contributed by atoms with Crippen LogP contribution in [0.3, 0.4) is 0 Å². The highest BCUT2D eigenvalue weighted by atomic mass is 32.1. The predicted octanol–water partition coefficient (Wildman–Crippen LogP) is 2.16. The van der Waals surface area contributed by atoms with Gasteiger partial charge >= 0.3 is 0 Å². The Morgan fingerprint density at radius 3 is 2.66 bits per heavy atom. The minimum absolute atomic E-state index is 0.154. The number of ether oxygens (including phenoxy) is 1. The fourth-order valence-corrected chi connectivity index (χ4v) is 4.05. The molecule has 3 rings (SSSR count). The molecule has 170 valence electrons. The highest BCUT2D eigenvalue weighted by molar-refractivity contribution is 7.71. The van der Waals surface area contributed by atoms with E-state index in [1.807, 2.05) is 24.3 Å². The Bertz CT molecular complexity index is 1200. The number of methoxy groups -OCH3 is 1. The summed E-state index contributed by atoms with van der Waals surface area (Å²) in [5.41, 5.74) is 1.71. The maximum atomic E-state index is 13.1. The Morgan fingerprint density at radius 1 is 1.19 bits per heavy atom. The summed E-state index contributed by atoms with van der Waals surface area (Å²) >= 11 is 5.45. The van der Waals surface area contributed by atoms with Crippen molar-refractivity contribution >= 4 is 29.0 Å². The molecule has 3 N–H and O–H groups in total. The molecule has 7 nitrogen and oxygen atoms in total. The maximum absolute atomic E-state index is 13.1. The Hall–Kier alpha value is -2.97. The van der Waals surface area contributed by atoms with Gasteiger partial charge in [0.2, 0.25) is 0 Å². The number of fused-ring (bicyclic) bond motifs is 1. The number of aromatic amines is 1. The van der Waals surface area contributed by atoms with E-state index in [2.05, 4.69) is 24.1 Å². The zero-order chi connectivity index (χ0) is 23.1. The summed E-state index contributed by atoms with van der Waals surface area (Å²) in [6.07, 6.45) is 0.923. The van der Waals surface area contributed by atoms with Gasteiger partial charge in [0.05, 0.1) is 44.2 Å². The lowest BCUT2D eigenvalue weighted by Crippen LogP contribution is -3.11. The number of benzene rings is 2. The van der Waals surface area contributed by atoms with Gasteiger partial charge in [-0.05, 0) is 50.3 Å². The second kappa shape index (κ2) is 11.1. The molecule has 0 bridgehead atoms. The minimum atomic E-state index is -0.205. The van der Waals surface area contributed by atoms with Gasteiger partial charge in [0.15, 0.2) is 4.77 Å². The van der Waals surface area contributed by atoms with Crippen molar-refractivity contribution < 1.29 is 14.4 Å². The van der Waals surface area contributed by atoms with Crippen LogP contribution >= 0.6 is 12.2 Å². The van der Waals surface area contributed by atoms with E-state index in [1.165, 1.54) is 9.47 Å². The van der Waals surface area contributed by atoms with Crippen LogP contribution in [0.2, 0.25) is 0 Å². The van der Waals surface area contributed by atoms with E-state index < -0.39 is 0 Å². The number of hydrogen-bond acceptors (Lipinski definition) is 4. The summed E-state index contributed by atoms with van der Waals surface area (Å²) in [7, 11) is 1.60. The lowest BCUT2D eigenvalue weighted by Gasteiger charge is -2.15. The molecule has 0 spiro atoms. The molecule has 1 amide bonds. The van der Waals surface area contributed by atoms with Crippen molar-refractivity contribution in [2.24, 2.45) is 0 Å². The molecule has 0 aliphatic heterocycles. The van der Waals surface area contributed by atoms with E-state index in [0.717, 1.165) is 31.6 Å². The standard InChI is InChI=1S/C24H30N4O3S/c1-4-27(5-2)14-8-13-25-22(29)17-11-12-19-20(15-17)26-24(32)28(23(19)30)16-18-9-6-7-10-21(18)31-3/h6-7,9-12,15H,4-5,8,13-14,16H2,1-3H3,(H,25,29)(H,26,32)/p+1. The fraction of sp³-hybridized carbons (Fsp3) is 0.375. The van der Waals surface area contributed by atoms with E-state index in [4.69, 9.17) is 17.0 Å². The molecule has 0 radical (unpaired) electrons. The van der Waals surface area contributed by atoms with E-state index in [-0.39, 0.29) is 11.5 Å². The Morgan fingerprint density at radius 2 is 1.94 bits per heavy atom. The van der Waals surface area contributed by atoms with Crippen molar-refractivity contribution in [3.05, 3.63) is 68.7 Å². The first kappa shape index (κ1) is 23.7. The zero-order valence-electron chi connectivity index (χ0n) is 18.9. The maximum Gasteiger partial charge on any atom is 0.262 e. The van der Waals surface area contributed by atoms with Gasteiger partial charge in [0.25, 0.3) is 11.5 Å².